The highest BCUT2D eigenvalue weighted by Crippen LogP contribution is 2.34. The number of rotatable bonds is 5. The third kappa shape index (κ3) is 3.49. The number of hydrogen-bond acceptors (Lipinski definition) is 4. The maximum atomic E-state index is 13.5. The molecule has 3 nitrogen and oxygen atoms in total. The van der Waals surface area contributed by atoms with Crippen LogP contribution in [0.15, 0.2) is 78.9 Å². The molecule has 0 N–H and O–H groups in total. The number of hydrogen-bond donors (Lipinski definition) is 0. The normalized spacial score (nSPS) is 12.1. The van der Waals surface area contributed by atoms with Gasteiger partial charge >= 0.3 is 0 Å². The van der Waals surface area contributed by atoms with Crippen LogP contribution < -0.4 is 4.90 Å². The van der Waals surface area contributed by atoms with Crippen LogP contribution in [0.5, 0.6) is 0 Å². The summed E-state index contributed by atoms with van der Waals surface area (Å²) >= 11 is 1.59. The standard InChI is InChI=1S/C23H20N2OS/c1-25(2)18-14-12-17(13-15-18)22(26)21(16-8-4-3-5-9-16)23-24-19-10-6-7-11-20(19)27-23/h3-15,21H,1-2H3. The van der Waals surface area contributed by atoms with E-state index in [4.69, 9.17) is 4.98 Å². The first kappa shape index (κ1) is 17.4. The van der Waals surface area contributed by atoms with Crippen LogP contribution in [-0.2, 0) is 0 Å². The van der Waals surface area contributed by atoms with Crippen molar-refractivity contribution in [3.05, 3.63) is 95.0 Å². The van der Waals surface area contributed by atoms with E-state index in [0.717, 1.165) is 26.5 Å². The largest absolute Gasteiger partial charge is 0.378 e. The van der Waals surface area contributed by atoms with E-state index in [1.54, 1.807) is 11.3 Å². The lowest BCUT2D eigenvalue weighted by atomic mass is 9.91. The zero-order chi connectivity index (χ0) is 18.8. The van der Waals surface area contributed by atoms with Crippen LogP contribution >= 0.6 is 11.3 Å². The van der Waals surface area contributed by atoms with E-state index in [0.29, 0.717) is 5.56 Å². The van der Waals surface area contributed by atoms with Crippen molar-refractivity contribution in [1.29, 1.82) is 0 Å². The van der Waals surface area contributed by atoms with Gasteiger partial charge in [-0.25, -0.2) is 4.98 Å². The fourth-order valence-corrected chi connectivity index (χ4v) is 4.25. The third-order valence-electron chi connectivity index (χ3n) is 4.62. The number of Topliss-reactive ketones (excluding diaryl/α,β-unsaturated/α-hetero) is 1. The molecule has 0 spiro atoms. The quantitative estimate of drug-likeness (QED) is 0.441. The summed E-state index contributed by atoms with van der Waals surface area (Å²) in [6, 6.07) is 25.7. The van der Waals surface area contributed by atoms with Crippen LogP contribution in [0.3, 0.4) is 0 Å². The average Bonchev–Trinajstić information content (AvgIpc) is 3.12. The highest BCUT2D eigenvalue weighted by molar-refractivity contribution is 7.18. The molecule has 1 unspecified atom stereocenters. The fourth-order valence-electron chi connectivity index (χ4n) is 3.16. The van der Waals surface area contributed by atoms with Crippen molar-refractivity contribution in [2.45, 2.75) is 5.92 Å². The molecule has 0 amide bonds. The van der Waals surface area contributed by atoms with Gasteiger partial charge in [-0.2, -0.15) is 0 Å². The Hall–Kier alpha value is -2.98. The van der Waals surface area contributed by atoms with Crippen LogP contribution in [0.4, 0.5) is 5.69 Å². The Morgan fingerprint density at radius 2 is 1.56 bits per heavy atom. The Labute approximate surface area is 162 Å². The lowest BCUT2D eigenvalue weighted by Crippen LogP contribution is -2.15. The van der Waals surface area contributed by atoms with Gasteiger partial charge in [0.2, 0.25) is 0 Å². The maximum absolute atomic E-state index is 13.5. The molecule has 0 saturated heterocycles. The highest BCUT2D eigenvalue weighted by atomic mass is 32.1. The molecule has 3 aromatic carbocycles. The van der Waals surface area contributed by atoms with Gasteiger partial charge in [0.25, 0.3) is 0 Å². The molecule has 1 atom stereocenters. The first-order chi connectivity index (χ1) is 13.1. The number of anilines is 1. The molecule has 4 heteroatoms. The topological polar surface area (TPSA) is 33.2 Å². The molecule has 1 heterocycles. The number of fused-ring (bicyclic) bond motifs is 1. The molecule has 134 valence electrons. The summed E-state index contributed by atoms with van der Waals surface area (Å²) in [7, 11) is 3.98. The van der Waals surface area contributed by atoms with Crippen LogP contribution in [0.1, 0.15) is 26.8 Å². The highest BCUT2D eigenvalue weighted by Gasteiger charge is 2.27. The number of carbonyl (C=O) groups is 1. The predicted molar refractivity (Wildman–Crippen MR) is 113 cm³/mol. The van der Waals surface area contributed by atoms with Gasteiger partial charge in [-0.1, -0.05) is 42.5 Å². The van der Waals surface area contributed by atoms with Gasteiger partial charge in [0.15, 0.2) is 5.78 Å². The molecule has 0 saturated carbocycles. The summed E-state index contributed by atoms with van der Waals surface area (Å²) in [6.45, 7) is 0. The molecule has 0 bridgehead atoms. The molecule has 0 radical (unpaired) electrons. The van der Waals surface area contributed by atoms with Crippen LogP contribution in [0.25, 0.3) is 10.2 Å². The van der Waals surface area contributed by atoms with Crippen LogP contribution in [0.2, 0.25) is 0 Å². The molecule has 0 aliphatic rings. The van der Waals surface area contributed by atoms with Gasteiger partial charge in [-0.05, 0) is 42.0 Å². The van der Waals surface area contributed by atoms with Crippen molar-refractivity contribution in [3.8, 4) is 0 Å². The van der Waals surface area contributed by atoms with E-state index in [2.05, 4.69) is 6.07 Å². The van der Waals surface area contributed by atoms with E-state index >= 15 is 0 Å². The Kier molecular flexibility index (Phi) is 4.73. The lowest BCUT2D eigenvalue weighted by Gasteiger charge is -2.16. The minimum atomic E-state index is -0.395. The summed E-state index contributed by atoms with van der Waals surface area (Å²) in [6.07, 6.45) is 0. The van der Waals surface area contributed by atoms with Crippen molar-refractivity contribution in [3.63, 3.8) is 0 Å². The number of nitrogens with zero attached hydrogens (tertiary/aromatic N) is 2. The first-order valence-electron chi connectivity index (χ1n) is 8.85. The maximum Gasteiger partial charge on any atom is 0.177 e. The van der Waals surface area contributed by atoms with Gasteiger partial charge < -0.3 is 4.90 Å². The van der Waals surface area contributed by atoms with Crippen molar-refractivity contribution in [2.24, 2.45) is 0 Å². The Bertz CT molecular complexity index is 1040. The molecule has 27 heavy (non-hydrogen) atoms. The zero-order valence-electron chi connectivity index (χ0n) is 15.3. The Balaban J connectivity index is 1.79. The van der Waals surface area contributed by atoms with E-state index in [1.807, 2.05) is 91.8 Å². The van der Waals surface area contributed by atoms with Crippen LogP contribution in [0, 0.1) is 0 Å². The van der Waals surface area contributed by atoms with Crippen LogP contribution in [-0.4, -0.2) is 24.9 Å². The first-order valence-corrected chi connectivity index (χ1v) is 9.67. The summed E-state index contributed by atoms with van der Waals surface area (Å²) in [4.78, 5) is 20.3. The molecule has 0 aliphatic heterocycles. The van der Waals surface area contributed by atoms with Crippen molar-refractivity contribution >= 4 is 33.0 Å². The van der Waals surface area contributed by atoms with Gasteiger partial charge in [-0.3, -0.25) is 4.79 Å². The van der Waals surface area contributed by atoms with Gasteiger partial charge in [-0.15, -0.1) is 11.3 Å². The predicted octanol–water partition coefficient (Wildman–Crippen LogP) is 5.38. The van der Waals surface area contributed by atoms with E-state index in [-0.39, 0.29) is 5.78 Å². The van der Waals surface area contributed by atoms with Crippen molar-refractivity contribution < 1.29 is 4.79 Å². The van der Waals surface area contributed by atoms with E-state index < -0.39 is 5.92 Å². The third-order valence-corrected chi connectivity index (χ3v) is 5.72. The summed E-state index contributed by atoms with van der Waals surface area (Å²) in [5.74, 6) is -0.320. The summed E-state index contributed by atoms with van der Waals surface area (Å²) < 4.78 is 1.10. The fraction of sp³-hybridized carbons (Fsp3) is 0.130. The molecule has 4 aromatic rings. The SMILES string of the molecule is CN(C)c1ccc(C(=O)C(c2ccccc2)c2nc3ccccc3s2)cc1. The molecule has 0 fully saturated rings. The number of thiazole rings is 1. The van der Waals surface area contributed by atoms with Crippen molar-refractivity contribution in [1.82, 2.24) is 4.98 Å². The second-order valence-electron chi connectivity index (χ2n) is 6.67. The summed E-state index contributed by atoms with van der Waals surface area (Å²) in [5.41, 5.74) is 3.68. The van der Waals surface area contributed by atoms with Gasteiger partial charge in [0.05, 0.1) is 16.1 Å². The molecule has 1 aromatic heterocycles. The Morgan fingerprint density at radius 3 is 2.22 bits per heavy atom. The van der Waals surface area contributed by atoms with Crippen molar-refractivity contribution in [2.75, 3.05) is 19.0 Å². The number of para-hydroxylation sites is 1. The molecular weight excluding hydrogens is 352 g/mol. The zero-order valence-corrected chi connectivity index (χ0v) is 16.1. The minimum absolute atomic E-state index is 0.0746. The number of carbonyl (C=O) groups excluding carboxylic acids is 1. The van der Waals surface area contributed by atoms with E-state index in [1.165, 1.54) is 0 Å². The lowest BCUT2D eigenvalue weighted by molar-refractivity contribution is 0.0974. The number of benzene rings is 3. The second-order valence-corrected chi connectivity index (χ2v) is 7.73. The van der Waals surface area contributed by atoms with E-state index in [9.17, 15) is 4.79 Å². The summed E-state index contributed by atoms with van der Waals surface area (Å²) in [5, 5.41) is 0.837. The Morgan fingerprint density at radius 1 is 0.889 bits per heavy atom. The monoisotopic (exact) mass is 372 g/mol. The smallest absolute Gasteiger partial charge is 0.177 e. The van der Waals surface area contributed by atoms with Gasteiger partial charge in [0, 0.05) is 25.3 Å². The van der Waals surface area contributed by atoms with Gasteiger partial charge in [0.1, 0.15) is 5.01 Å². The molecule has 4 rings (SSSR count). The number of aromatic nitrogens is 1. The number of ketones is 1. The minimum Gasteiger partial charge on any atom is -0.378 e. The second kappa shape index (κ2) is 7.33. The molecule has 0 aliphatic carbocycles. The average molecular weight is 372 g/mol. The molecular formula is C23H20N2OS.